The Morgan fingerprint density at radius 3 is 1.49 bits per heavy atom. The second-order valence-electron chi connectivity index (χ2n) is 22.9. The summed E-state index contributed by atoms with van der Waals surface area (Å²) in [7, 11) is 0. The molecule has 2 aliphatic carbocycles. The van der Waals surface area contributed by atoms with Gasteiger partial charge in [-0.25, -0.2) is 0 Å². The Kier molecular flexibility index (Phi) is 15.3. The Balaban J connectivity index is 0.000000203. The predicted molar refractivity (Wildman–Crippen MR) is 359 cm³/mol. The van der Waals surface area contributed by atoms with Gasteiger partial charge in [0.05, 0.1) is 5.41 Å². The third kappa shape index (κ3) is 10.9. The minimum atomic E-state index is -0.475. The lowest BCUT2D eigenvalue weighted by molar-refractivity contribution is 0.670. The van der Waals surface area contributed by atoms with Gasteiger partial charge in [0.25, 0.3) is 0 Å². The number of furan rings is 1. The zero-order valence-electron chi connectivity index (χ0n) is 48.8. The van der Waals surface area contributed by atoms with Crippen molar-refractivity contribution in [2.75, 3.05) is 0 Å². The normalized spacial score (nSPS) is 14.8. The SMILES string of the molecule is Cc1ccc(-c2ccc(CC3=CCC(c4ccc5c(c4)C(c4ccccc4)(c4ccc(-c6cccc7c6oc6ccccc67)cc4)c4ccccc4-5)C=C3)cc2)cc1.Cc1ccc(-c2ccccc2)cc1.Cc1ccccc1-c1ccccc1C. The highest BCUT2D eigenvalue weighted by Gasteiger charge is 2.46. The molecule has 1 nitrogen and oxygen atoms in total. The maximum atomic E-state index is 6.47. The summed E-state index contributed by atoms with van der Waals surface area (Å²) < 4.78 is 6.47. The molecule has 15 rings (SSSR count). The van der Waals surface area contributed by atoms with Crippen molar-refractivity contribution in [2.45, 2.75) is 51.9 Å². The van der Waals surface area contributed by atoms with E-state index < -0.39 is 5.41 Å². The van der Waals surface area contributed by atoms with Crippen LogP contribution in [0.25, 0.3) is 77.6 Å². The van der Waals surface area contributed by atoms with Crippen molar-refractivity contribution < 1.29 is 4.42 Å². The average Bonchev–Trinajstić information content (AvgIpc) is 1.89. The van der Waals surface area contributed by atoms with E-state index in [-0.39, 0.29) is 0 Å². The van der Waals surface area contributed by atoms with Crippen molar-refractivity contribution in [1.82, 2.24) is 0 Å². The molecular formula is C84H68O. The third-order valence-electron chi connectivity index (χ3n) is 17.4. The molecule has 13 aromatic rings. The van der Waals surface area contributed by atoms with Gasteiger partial charge in [0.1, 0.15) is 11.2 Å². The van der Waals surface area contributed by atoms with Crippen molar-refractivity contribution in [3.63, 3.8) is 0 Å². The standard InChI is InChI=1S/C57H42O.C14H14.C13H12/c1-38-18-24-41(25-19-38)42-26-20-39(21-27-42)36-40-22-28-43(29-23-40)45-32-35-50-49-12-5-7-16-53(49)57(54(50)37-45,46-10-3-2-4-11-46)47-33-30-44(31-34-47)48-14-9-15-52-51-13-6-8-17-55(51)58-56(48)52;1-11-7-3-5-9-13(11)14-10-6-4-8-12(14)2;1-11-7-9-13(10-8-11)12-5-3-2-4-6-12/h2-28,30-35,37,43H,29,36H2,1H3;3-10H,1-2H3;2-10H,1H3. The van der Waals surface area contributed by atoms with Crippen LogP contribution in [0.1, 0.15) is 68.0 Å². The van der Waals surface area contributed by atoms with E-state index in [2.05, 4.69) is 325 Å². The number of para-hydroxylation sites is 2. The Labute approximate surface area is 501 Å². The summed E-state index contributed by atoms with van der Waals surface area (Å²) in [5, 5.41) is 2.30. The molecule has 0 radical (unpaired) electrons. The summed E-state index contributed by atoms with van der Waals surface area (Å²) in [6.45, 7) is 8.55. The molecule has 0 spiro atoms. The van der Waals surface area contributed by atoms with Crippen LogP contribution in [0.15, 0.2) is 319 Å². The number of fused-ring (bicyclic) bond motifs is 6. The van der Waals surface area contributed by atoms with Gasteiger partial charge < -0.3 is 4.42 Å². The second kappa shape index (κ2) is 24.0. The summed E-state index contributed by atoms with van der Waals surface area (Å²) in [4.78, 5) is 0. The zero-order valence-corrected chi connectivity index (χ0v) is 48.8. The lowest BCUT2D eigenvalue weighted by Gasteiger charge is -2.34. The van der Waals surface area contributed by atoms with Crippen LogP contribution in [0, 0.1) is 27.7 Å². The Hall–Kier alpha value is -10.1. The lowest BCUT2D eigenvalue weighted by Crippen LogP contribution is -2.28. The minimum Gasteiger partial charge on any atom is -0.455 e. The molecule has 0 fully saturated rings. The number of allylic oxidation sites excluding steroid dienone is 4. The number of rotatable bonds is 9. The van der Waals surface area contributed by atoms with Crippen LogP contribution in [0.3, 0.4) is 0 Å². The van der Waals surface area contributed by atoms with Gasteiger partial charge in [-0.2, -0.15) is 0 Å². The first kappa shape index (κ1) is 54.2. The van der Waals surface area contributed by atoms with Gasteiger partial charge in [-0.15, -0.1) is 0 Å². The molecule has 0 N–H and O–H groups in total. The molecular weight excluding hydrogens is 1020 g/mol. The fraction of sp³-hybridized carbons (Fsp3) is 0.0952. The quantitative estimate of drug-likeness (QED) is 0.140. The Morgan fingerprint density at radius 2 is 0.871 bits per heavy atom. The van der Waals surface area contributed by atoms with E-state index in [4.69, 9.17) is 4.42 Å². The van der Waals surface area contributed by atoms with Gasteiger partial charge in [0.15, 0.2) is 0 Å². The largest absolute Gasteiger partial charge is 0.455 e. The van der Waals surface area contributed by atoms with Crippen molar-refractivity contribution in [1.29, 1.82) is 0 Å². The van der Waals surface area contributed by atoms with E-state index in [9.17, 15) is 0 Å². The molecule has 0 amide bonds. The summed E-state index contributed by atoms with van der Waals surface area (Å²) in [6, 6.07) is 105. The van der Waals surface area contributed by atoms with E-state index in [1.54, 1.807) is 0 Å². The fourth-order valence-electron chi connectivity index (χ4n) is 12.8. The summed E-state index contributed by atoms with van der Waals surface area (Å²) in [6.07, 6.45) is 9.16. The van der Waals surface area contributed by atoms with E-state index in [1.807, 2.05) is 12.1 Å². The number of aryl methyl sites for hydroxylation is 4. The van der Waals surface area contributed by atoms with Gasteiger partial charge in [-0.05, 0) is 147 Å². The molecule has 0 bridgehead atoms. The number of benzene rings is 12. The van der Waals surface area contributed by atoms with Crippen molar-refractivity contribution in [2.24, 2.45) is 0 Å². The molecule has 85 heavy (non-hydrogen) atoms. The first-order chi connectivity index (χ1) is 41.8. The summed E-state index contributed by atoms with van der Waals surface area (Å²) >= 11 is 0. The van der Waals surface area contributed by atoms with E-state index >= 15 is 0 Å². The minimum absolute atomic E-state index is 0.307. The molecule has 0 saturated carbocycles. The fourth-order valence-corrected chi connectivity index (χ4v) is 12.8. The van der Waals surface area contributed by atoms with Gasteiger partial charge in [-0.1, -0.05) is 314 Å². The van der Waals surface area contributed by atoms with E-state index in [0.717, 1.165) is 45.9 Å². The first-order valence-electron chi connectivity index (χ1n) is 29.9. The van der Waals surface area contributed by atoms with Crippen LogP contribution in [-0.4, -0.2) is 0 Å². The first-order valence-corrected chi connectivity index (χ1v) is 29.9. The second-order valence-corrected chi connectivity index (χ2v) is 22.9. The summed E-state index contributed by atoms with van der Waals surface area (Å²) in [5.74, 6) is 0.307. The van der Waals surface area contributed by atoms with Gasteiger partial charge in [0.2, 0.25) is 0 Å². The molecule has 1 heterocycles. The smallest absolute Gasteiger partial charge is 0.143 e. The van der Waals surface area contributed by atoms with Crippen LogP contribution < -0.4 is 0 Å². The highest BCUT2D eigenvalue weighted by atomic mass is 16.3. The van der Waals surface area contributed by atoms with Crippen molar-refractivity contribution >= 4 is 21.9 Å². The van der Waals surface area contributed by atoms with Crippen LogP contribution in [0.2, 0.25) is 0 Å². The molecule has 12 aromatic carbocycles. The molecule has 2 aliphatic rings. The predicted octanol–water partition coefficient (Wildman–Crippen LogP) is 22.4. The monoisotopic (exact) mass is 1090 g/mol. The van der Waals surface area contributed by atoms with Gasteiger partial charge >= 0.3 is 0 Å². The number of hydrogen-bond donors (Lipinski definition) is 0. The maximum absolute atomic E-state index is 6.47. The molecule has 410 valence electrons. The average molecular weight is 1090 g/mol. The molecule has 0 aliphatic heterocycles. The molecule has 2 unspecified atom stereocenters. The third-order valence-corrected chi connectivity index (χ3v) is 17.4. The Bertz CT molecular complexity index is 4480. The van der Waals surface area contributed by atoms with Crippen LogP contribution in [0.4, 0.5) is 0 Å². The van der Waals surface area contributed by atoms with E-state index in [1.165, 1.54) is 106 Å². The molecule has 1 aromatic heterocycles. The Morgan fingerprint density at radius 1 is 0.376 bits per heavy atom. The molecule has 2 atom stereocenters. The van der Waals surface area contributed by atoms with Crippen LogP contribution in [0.5, 0.6) is 0 Å². The van der Waals surface area contributed by atoms with Crippen LogP contribution >= 0.6 is 0 Å². The lowest BCUT2D eigenvalue weighted by atomic mass is 9.67. The zero-order chi connectivity index (χ0) is 57.7. The summed E-state index contributed by atoms with van der Waals surface area (Å²) in [5.41, 5.74) is 28.6. The van der Waals surface area contributed by atoms with Gasteiger partial charge in [-0.3, -0.25) is 0 Å². The van der Waals surface area contributed by atoms with E-state index in [0.29, 0.717) is 5.92 Å². The van der Waals surface area contributed by atoms with Gasteiger partial charge in [0, 0.05) is 22.3 Å². The maximum Gasteiger partial charge on any atom is 0.143 e. The topological polar surface area (TPSA) is 13.1 Å². The number of hydrogen-bond acceptors (Lipinski definition) is 1. The molecule has 0 saturated heterocycles. The van der Waals surface area contributed by atoms with Crippen molar-refractivity contribution in [3.8, 4) is 55.6 Å². The van der Waals surface area contributed by atoms with Crippen molar-refractivity contribution in [3.05, 3.63) is 371 Å². The van der Waals surface area contributed by atoms with Crippen LogP contribution in [-0.2, 0) is 11.8 Å². The molecule has 1 heteroatoms. The highest BCUT2D eigenvalue weighted by Crippen LogP contribution is 2.57. The highest BCUT2D eigenvalue weighted by molar-refractivity contribution is 6.09.